The van der Waals surface area contributed by atoms with E-state index in [9.17, 15) is 14.9 Å². The van der Waals surface area contributed by atoms with Crippen LogP contribution in [0.15, 0.2) is 46.9 Å². The molecule has 2 aromatic heterocycles. The zero-order valence-electron chi connectivity index (χ0n) is 11.1. The first kappa shape index (κ1) is 14.4. The number of hydrogen-bond donors (Lipinski definition) is 1. The van der Waals surface area contributed by atoms with E-state index in [1.807, 2.05) is 17.5 Å². The van der Waals surface area contributed by atoms with Crippen LogP contribution in [0, 0.1) is 10.1 Å². The lowest BCUT2D eigenvalue weighted by Crippen LogP contribution is -2.17. The van der Waals surface area contributed by atoms with Crippen molar-refractivity contribution in [2.45, 2.75) is 0 Å². The van der Waals surface area contributed by atoms with Crippen LogP contribution in [0.5, 0.6) is 0 Å². The number of nitro groups is 1. The summed E-state index contributed by atoms with van der Waals surface area (Å²) in [5, 5.41) is 16.6. The number of amides is 1. The Balaban J connectivity index is 1.69. The minimum Gasteiger partial charge on any atom is -0.267 e. The van der Waals surface area contributed by atoms with E-state index in [1.165, 1.54) is 33.7 Å². The van der Waals surface area contributed by atoms with Gasteiger partial charge < -0.3 is 0 Å². The SMILES string of the molecule is O=C(N/N=C/c1cc2sccc2s1)c1cccc([N+](=O)[O-])c1. The molecule has 0 aliphatic rings. The van der Waals surface area contributed by atoms with E-state index in [0.717, 1.165) is 4.88 Å². The highest BCUT2D eigenvalue weighted by molar-refractivity contribution is 7.27. The standard InChI is InChI=1S/C14H9N3O3S2/c18-14(9-2-1-3-10(6-9)17(19)20)16-15-8-11-7-13-12(22-11)4-5-21-13/h1-8H,(H,16,18)/b15-8+. The van der Waals surface area contributed by atoms with E-state index < -0.39 is 10.8 Å². The first-order valence-corrected chi connectivity index (χ1v) is 7.88. The first-order valence-electron chi connectivity index (χ1n) is 6.18. The Morgan fingerprint density at radius 2 is 2.14 bits per heavy atom. The second-order valence-corrected chi connectivity index (χ2v) is 6.37. The molecule has 0 aliphatic heterocycles. The van der Waals surface area contributed by atoms with E-state index in [2.05, 4.69) is 10.5 Å². The molecule has 0 unspecified atom stereocenters. The summed E-state index contributed by atoms with van der Waals surface area (Å²) in [5.74, 6) is -0.488. The minimum absolute atomic E-state index is 0.130. The fraction of sp³-hybridized carbons (Fsp3) is 0. The minimum atomic E-state index is -0.543. The number of nitro benzene ring substituents is 1. The molecule has 22 heavy (non-hydrogen) atoms. The molecule has 0 saturated carbocycles. The highest BCUT2D eigenvalue weighted by Gasteiger charge is 2.10. The van der Waals surface area contributed by atoms with Gasteiger partial charge in [-0.25, -0.2) is 5.43 Å². The van der Waals surface area contributed by atoms with Gasteiger partial charge in [0.25, 0.3) is 11.6 Å². The molecule has 0 saturated heterocycles. The number of nitrogens with zero attached hydrogens (tertiary/aromatic N) is 2. The Kier molecular flexibility index (Phi) is 3.94. The Bertz CT molecular complexity index is 854. The van der Waals surface area contributed by atoms with Crippen LogP contribution in [0.3, 0.4) is 0 Å². The van der Waals surface area contributed by atoms with E-state index in [4.69, 9.17) is 0 Å². The van der Waals surface area contributed by atoms with Crippen molar-refractivity contribution in [3.63, 3.8) is 0 Å². The summed E-state index contributed by atoms with van der Waals surface area (Å²) >= 11 is 3.22. The summed E-state index contributed by atoms with van der Waals surface area (Å²) in [6, 6.07) is 9.53. The Morgan fingerprint density at radius 3 is 2.91 bits per heavy atom. The fourth-order valence-electron chi connectivity index (χ4n) is 1.83. The predicted octanol–water partition coefficient (Wildman–Crippen LogP) is 3.63. The van der Waals surface area contributed by atoms with Gasteiger partial charge >= 0.3 is 0 Å². The van der Waals surface area contributed by atoms with Gasteiger partial charge in [-0.1, -0.05) is 6.07 Å². The van der Waals surface area contributed by atoms with Gasteiger partial charge in [0, 0.05) is 32.0 Å². The number of thiophene rings is 2. The lowest BCUT2D eigenvalue weighted by Gasteiger charge is -1.99. The van der Waals surface area contributed by atoms with Crippen LogP contribution in [0.2, 0.25) is 0 Å². The molecule has 8 heteroatoms. The van der Waals surface area contributed by atoms with Crippen molar-refractivity contribution < 1.29 is 9.72 Å². The van der Waals surface area contributed by atoms with Crippen LogP contribution < -0.4 is 5.43 Å². The normalized spacial score (nSPS) is 11.1. The number of hydrazone groups is 1. The summed E-state index contributed by atoms with van der Waals surface area (Å²) in [5.41, 5.74) is 2.43. The lowest BCUT2D eigenvalue weighted by molar-refractivity contribution is -0.384. The number of carbonyl (C=O) groups is 1. The van der Waals surface area contributed by atoms with Crippen molar-refractivity contribution in [3.8, 4) is 0 Å². The third kappa shape index (κ3) is 3.02. The van der Waals surface area contributed by atoms with Gasteiger partial charge in [0.1, 0.15) is 0 Å². The summed E-state index contributed by atoms with van der Waals surface area (Å²) in [4.78, 5) is 23.0. The van der Waals surface area contributed by atoms with Crippen molar-refractivity contribution in [2.24, 2.45) is 5.10 Å². The van der Waals surface area contributed by atoms with Crippen molar-refractivity contribution in [1.82, 2.24) is 5.43 Å². The molecule has 3 rings (SSSR count). The van der Waals surface area contributed by atoms with Crippen molar-refractivity contribution in [1.29, 1.82) is 0 Å². The molecule has 0 aliphatic carbocycles. The maximum absolute atomic E-state index is 11.9. The van der Waals surface area contributed by atoms with E-state index in [0.29, 0.717) is 0 Å². The quantitative estimate of drug-likeness (QED) is 0.450. The molecule has 1 aromatic carbocycles. The molecule has 6 nitrogen and oxygen atoms in total. The van der Waals surface area contributed by atoms with Crippen LogP contribution in [0.25, 0.3) is 9.40 Å². The van der Waals surface area contributed by atoms with Crippen molar-refractivity contribution in [3.05, 3.63) is 62.3 Å². The second kappa shape index (κ2) is 6.04. The average molecular weight is 331 g/mol. The summed E-state index contributed by atoms with van der Waals surface area (Å²) < 4.78 is 2.35. The lowest BCUT2D eigenvalue weighted by atomic mass is 10.2. The Hall–Kier alpha value is -2.58. The number of benzene rings is 1. The van der Waals surface area contributed by atoms with E-state index in [1.54, 1.807) is 28.9 Å². The fourth-order valence-corrected chi connectivity index (χ4v) is 3.82. The molecule has 0 atom stereocenters. The smallest absolute Gasteiger partial charge is 0.267 e. The molecule has 1 N–H and O–H groups in total. The second-order valence-electron chi connectivity index (χ2n) is 4.30. The third-order valence-electron chi connectivity index (χ3n) is 2.84. The number of fused-ring (bicyclic) bond motifs is 1. The number of rotatable bonds is 4. The van der Waals surface area contributed by atoms with Gasteiger partial charge in [-0.2, -0.15) is 5.10 Å². The van der Waals surface area contributed by atoms with E-state index >= 15 is 0 Å². The van der Waals surface area contributed by atoms with Crippen LogP contribution in [0.1, 0.15) is 15.2 Å². The molecule has 0 spiro atoms. The van der Waals surface area contributed by atoms with Crippen LogP contribution in [-0.4, -0.2) is 17.0 Å². The van der Waals surface area contributed by atoms with Gasteiger partial charge in [-0.3, -0.25) is 14.9 Å². The zero-order valence-corrected chi connectivity index (χ0v) is 12.7. The number of carbonyl (C=O) groups excluding carboxylic acids is 1. The maximum Gasteiger partial charge on any atom is 0.271 e. The van der Waals surface area contributed by atoms with Gasteiger partial charge in [-0.05, 0) is 23.6 Å². The number of nitrogens with one attached hydrogen (secondary N) is 1. The average Bonchev–Trinajstić information content (AvgIpc) is 3.08. The van der Waals surface area contributed by atoms with Gasteiger partial charge in [-0.15, -0.1) is 22.7 Å². The largest absolute Gasteiger partial charge is 0.271 e. The van der Waals surface area contributed by atoms with Crippen molar-refractivity contribution in [2.75, 3.05) is 0 Å². The Morgan fingerprint density at radius 1 is 1.27 bits per heavy atom. The number of non-ortho nitro benzene ring substituents is 1. The van der Waals surface area contributed by atoms with Gasteiger partial charge in [0.2, 0.25) is 0 Å². The molecule has 3 aromatic rings. The Labute approximate surface area is 132 Å². The first-order chi connectivity index (χ1) is 10.6. The highest BCUT2D eigenvalue weighted by atomic mass is 32.1. The maximum atomic E-state index is 11.9. The predicted molar refractivity (Wildman–Crippen MR) is 87.9 cm³/mol. The monoisotopic (exact) mass is 331 g/mol. The third-order valence-corrected chi connectivity index (χ3v) is 4.86. The van der Waals surface area contributed by atoms with E-state index in [-0.39, 0.29) is 11.3 Å². The molecular weight excluding hydrogens is 322 g/mol. The van der Waals surface area contributed by atoms with Gasteiger partial charge in [0.15, 0.2) is 0 Å². The summed E-state index contributed by atoms with van der Waals surface area (Å²) in [7, 11) is 0. The highest BCUT2D eigenvalue weighted by Crippen LogP contribution is 2.28. The molecule has 1 amide bonds. The van der Waals surface area contributed by atoms with Crippen LogP contribution in [-0.2, 0) is 0 Å². The molecule has 110 valence electrons. The van der Waals surface area contributed by atoms with Crippen LogP contribution in [0.4, 0.5) is 5.69 Å². The molecular formula is C14H9N3O3S2. The molecule has 0 radical (unpaired) electrons. The van der Waals surface area contributed by atoms with Crippen LogP contribution >= 0.6 is 22.7 Å². The topological polar surface area (TPSA) is 84.6 Å². The van der Waals surface area contributed by atoms with Crippen molar-refractivity contribution >= 4 is 49.9 Å². The summed E-state index contributed by atoms with van der Waals surface area (Å²) in [6.07, 6.45) is 1.56. The molecule has 0 bridgehead atoms. The number of hydrogen-bond acceptors (Lipinski definition) is 6. The van der Waals surface area contributed by atoms with Gasteiger partial charge in [0.05, 0.1) is 11.1 Å². The molecule has 0 fully saturated rings. The molecule has 2 heterocycles. The summed E-state index contributed by atoms with van der Waals surface area (Å²) in [6.45, 7) is 0. The zero-order chi connectivity index (χ0) is 15.5.